The van der Waals surface area contributed by atoms with Gasteiger partial charge in [-0.3, -0.25) is 0 Å². The maximum absolute atomic E-state index is 6.01. The molecule has 1 aromatic heterocycles. The standard InChI is InChI=1S/C31H39N4O2/c1-32(2)18-10-20-34-22-12-7-13-23-28(22)31(29-24(34)14-8-16-26(29)36-5)30-25(15-9-17-27(30)37-6)35(23)21-11-19-33(3)4/h7-9,12-17H,10-11,18-21H2,1-6H3/q+1. The summed E-state index contributed by atoms with van der Waals surface area (Å²) >= 11 is 0. The second kappa shape index (κ2) is 10.6. The fourth-order valence-electron chi connectivity index (χ4n) is 5.77. The van der Waals surface area contributed by atoms with Gasteiger partial charge in [-0.15, -0.1) is 0 Å². The number of fused-ring (bicyclic) bond motifs is 4. The summed E-state index contributed by atoms with van der Waals surface area (Å²) in [4.78, 5) is 6.99. The van der Waals surface area contributed by atoms with Crippen molar-refractivity contribution in [2.24, 2.45) is 0 Å². The predicted octanol–water partition coefficient (Wildman–Crippen LogP) is 5.32. The quantitative estimate of drug-likeness (QED) is 0.218. The Hall–Kier alpha value is -3.35. The fraction of sp³-hybridized carbons (Fsp3) is 0.387. The first-order chi connectivity index (χ1) is 18.0. The second-order valence-corrected chi connectivity index (χ2v) is 10.4. The molecule has 0 atom stereocenters. The van der Waals surface area contributed by atoms with Gasteiger partial charge >= 0.3 is 0 Å². The first-order valence-corrected chi connectivity index (χ1v) is 13.2. The third-order valence-electron chi connectivity index (χ3n) is 7.36. The van der Waals surface area contributed by atoms with Crippen molar-refractivity contribution in [3.8, 4) is 22.6 Å². The molecule has 0 amide bonds. The Morgan fingerprint density at radius 1 is 0.676 bits per heavy atom. The molecule has 0 unspecified atom stereocenters. The minimum Gasteiger partial charge on any atom is -0.496 e. The SMILES string of the molecule is COc1cccc2c1-c1c3c(OC)cccc3[n+](CCCN(C)C)c3cccc(c13)N2CCCN(C)C. The number of aromatic nitrogens is 1. The van der Waals surface area contributed by atoms with Crippen LogP contribution in [0.15, 0.2) is 54.6 Å². The normalized spacial score (nSPS) is 12.6. The van der Waals surface area contributed by atoms with E-state index in [0.717, 1.165) is 61.5 Å². The molecule has 194 valence electrons. The highest BCUT2D eigenvalue weighted by Crippen LogP contribution is 2.54. The van der Waals surface area contributed by atoms with Gasteiger partial charge in [0, 0.05) is 42.8 Å². The van der Waals surface area contributed by atoms with Gasteiger partial charge in [0.1, 0.15) is 11.5 Å². The lowest BCUT2D eigenvalue weighted by atomic mass is 9.88. The first-order valence-electron chi connectivity index (χ1n) is 13.2. The highest BCUT2D eigenvalue weighted by atomic mass is 16.5. The summed E-state index contributed by atoms with van der Waals surface area (Å²) in [7, 11) is 12.1. The third-order valence-corrected chi connectivity index (χ3v) is 7.36. The third kappa shape index (κ3) is 4.49. The molecule has 1 aliphatic rings. The van der Waals surface area contributed by atoms with Crippen molar-refractivity contribution in [2.45, 2.75) is 19.4 Å². The Morgan fingerprint density at radius 3 is 1.97 bits per heavy atom. The lowest BCUT2D eigenvalue weighted by molar-refractivity contribution is -0.645. The molecule has 5 rings (SSSR count). The number of nitrogens with zero attached hydrogens (tertiary/aromatic N) is 4. The lowest BCUT2D eigenvalue weighted by Gasteiger charge is -2.34. The van der Waals surface area contributed by atoms with Crippen LogP contribution in [0.4, 0.5) is 11.4 Å². The largest absolute Gasteiger partial charge is 0.496 e. The summed E-state index contributed by atoms with van der Waals surface area (Å²) in [6.45, 7) is 3.94. The van der Waals surface area contributed by atoms with Crippen molar-refractivity contribution in [2.75, 3.05) is 66.9 Å². The number of benzene rings is 3. The number of ether oxygens (including phenoxy) is 2. The van der Waals surface area contributed by atoms with E-state index in [1.807, 2.05) is 0 Å². The van der Waals surface area contributed by atoms with E-state index in [1.165, 1.54) is 33.4 Å². The summed E-state index contributed by atoms with van der Waals surface area (Å²) in [5.74, 6) is 1.78. The van der Waals surface area contributed by atoms with E-state index in [9.17, 15) is 0 Å². The highest BCUT2D eigenvalue weighted by Gasteiger charge is 2.34. The van der Waals surface area contributed by atoms with Gasteiger partial charge in [0.05, 0.1) is 36.4 Å². The van der Waals surface area contributed by atoms with Crippen LogP contribution in [0.25, 0.3) is 32.9 Å². The van der Waals surface area contributed by atoms with Crippen molar-refractivity contribution in [1.29, 1.82) is 0 Å². The fourth-order valence-corrected chi connectivity index (χ4v) is 5.77. The molecule has 0 fully saturated rings. The summed E-state index contributed by atoms with van der Waals surface area (Å²) in [5.41, 5.74) is 7.24. The van der Waals surface area contributed by atoms with E-state index in [0.29, 0.717) is 0 Å². The molecule has 6 nitrogen and oxygen atoms in total. The lowest BCUT2D eigenvalue weighted by Crippen LogP contribution is -2.38. The Balaban J connectivity index is 1.87. The van der Waals surface area contributed by atoms with Crippen LogP contribution in [0, 0.1) is 0 Å². The van der Waals surface area contributed by atoms with E-state index in [1.54, 1.807) is 14.2 Å². The van der Waals surface area contributed by atoms with Gasteiger partial charge in [-0.25, -0.2) is 0 Å². The average molecular weight is 500 g/mol. The molecular weight excluding hydrogens is 460 g/mol. The Kier molecular flexibility index (Phi) is 7.22. The minimum atomic E-state index is 0.892. The molecule has 3 aromatic carbocycles. The summed E-state index contributed by atoms with van der Waals surface area (Å²) < 4.78 is 14.5. The molecule has 4 aromatic rings. The molecule has 1 aliphatic heterocycles. The van der Waals surface area contributed by atoms with Gasteiger partial charge in [0.2, 0.25) is 11.0 Å². The van der Waals surface area contributed by atoms with Gasteiger partial charge in [-0.1, -0.05) is 18.2 Å². The van der Waals surface area contributed by atoms with Crippen LogP contribution in [-0.4, -0.2) is 71.8 Å². The zero-order chi connectivity index (χ0) is 26.1. The topological polar surface area (TPSA) is 32.1 Å². The molecule has 0 aliphatic carbocycles. The molecule has 0 saturated carbocycles. The monoisotopic (exact) mass is 499 g/mol. The Labute approximate surface area is 220 Å². The average Bonchev–Trinajstić information content (AvgIpc) is 2.89. The van der Waals surface area contributed by atoms with E-state index < -0.39 is 0 Å². The molecule has 0 saturated heterocycles. The van der Waals surface area contributed by atoms with Gasteiger partial charge in [-0.2, -0.15) is 4.57 Å². The molecular formula is C31H39N4O2+. The van der Waals surface area contributed by atoms with Gasteiger partial charge < -0.3 is 24.2 Å². The van der Waals surface area contributed by atoms with Crippen LogP contribution in [-0.2, 0) is 6.54 Å². The number of hydrogen-bond donors (Lipinski definition) is 0. The van der Waals surface area contributed by atoms with E-state index in [4.69, 9.17) is 9.47 Å². The molecule has 37 heavy (non-hydrogen) atoms. The number of methoxy groups -OCH3 is 2. The number of rotatable bonds is 10. The Morgan fingerprint density at radius 2 is 1.27 bits per heavy atom. The van der Waals surface area contributed by atoms with Crippen LogP contribution < -0.4 is 18.9 Å². The van der Waals surface area contributed by atoms with Crippen molar-refractivity contribution in [3.05, 3.63) is 54.6 Å². The summed E-state index contributed by atoms with van der Waals surface area (Å²) in [6, 6.07) is 19.6. The Bertz CT molecular complexity index is 1430. The van der Waals surface area contributed by atoms with E-state index in [2.05, 4.69) is 102 Å². The van der Waals surface area contributed by atoms with Crippen molar-refractivity contribution < 1.29 is 14.0 Å². The predicted molar refractivity (Wildman–Crippen MR) is 154 cm³/mol. The maximum Gasteiger partial charge on any atom is 0.217 e. The highest BCUT2D eigenvalue weighted by molar-refractivity contribution is 6.20. The summed E-state index contributed by atoms with van der Waals surface area (Å²) in [5, 5.41) is 2.42. The van der Waals surface area contributed by atoms with Crippen molar-refractivity contribution in [1.82, 2.24) is 9.80 Å². The molecule has 0 radical (unpaired) electrons. The van der Waals surface area contributed by atoms with Crippen LogP contribution in [0.2, 0.25) is 0 Å². The van der Waals surface area contributed by atoms with Gasteiger partial charge in [0.25, 0.3) is 0 Å². The number of anilines is 2. The number of hydrogen-bond acceptors (Lipinski definition) is 5. The zero-order valence-electron chi connectivity index (χ0n) is 23.0. The zero-order valence-corrected chi connectivity index (χ0v) is 23.0. The smallest absolute Gasteiger partial charge is 0.217 e. The van der Waals surface area contributed by atoms with Crippen molar-refractivity contribution in [3.63, 3.8) is 0 Å². The first kappa shape index (κ1) is 25.3. The summed E-state index contributed by atoms with van der Waals surface area (Å²) in [6.07, 6.45) is 2.13. The number of pyridine rings is 1. The number of aryl methyl sites for hydroxylation is 1. The molecule has 0 spiro atoms. The van der Waals surface area contributed by atoms with E-state index >= 15 is 0 Å². The van der Waals surface area contributed by atoms with E-state index in [-0.39, 0.29) is 0 Å². The maximum atomic E-state index is 6.01. The minimum absolute atomic E-state index is 0.892. The van der Waals surface area contributed by atoms with Crippen molar-refractivity contribution >= 4 is 33.2 Å². The molecule has 0 N–H and O–H groups in total. The molecule has 2 heterocycles. The molecule has 0 bridgehead atoms. The van der Waals surface area contributed by atoms with Gasteiger partial charge in [0.15, 0.2) is 6.54 Å². The van der Waals surface area contributed by atoms with Crippen LogP contribution in [0.5, 0.6) is 11.5 Å². The van der Waals surface area contributed by atoms with Crippen LogP contribution in [0.3, 0.4) is 0 Å². The second-order valence-electron chi connectivity index (χ2n) is 10.4. The molecule has 6 heteroatoms. The van der Waals surface area contributed by atoms with Crippen LogP contribution in [0.1, 0.15) is 12.8 Å². The van der Waals surface area contributed by atoms with Crippen LogP contribution >= 0.6 is 0 Å². The van der Waals surface area contributed by atoms with Gasteiger partial charge in [-0.05, 0) is 65.4 Å².